The Labute approximate surface area is 116 Å². The Morgan fingerprint density at radius 2 is 2.00 bits per heavy atom. The first kappa shape index (κ1) is 15.9. The molecule has 19 heavy (non-hydrogen) atoms. The van der Waals surface area contributed by atoms with Crippen molar-refractivity contribution in [2.24, 2.45) is 0 Å². The molecule has 106 valence electrons. The molecule has 1 N–H and O–H groups in total. The summed E-state index contributed by atoms with van der Waals surface area (Å²) < 4.78 is 26.9. The van der Waals surface area contributed by atoms with Gasteiger partial charge >= 0.3 is 0 Å². The summed E-state index contributed by atoms with van der Waals surface area (Å²) in [4.78, 5) is 0.361. The minimum absolute atomic E-state index is 0.106. The van der Waals surface area contributed by atoms with Crippen molar-refractivity contribution in [3.8, 4) is 0 Å². The van der Waals surface area contributed by atoms with Gasteiger partial charge < -0.3 is 5.32 Å². The maximum absolute atomic E-state index is 12.7. The van der Waals surface area contributed by atoms with Crippen LogP contribution in [0.4, 0.5) is 0 Å². The van der Waals surface area contributed by atoms with Gasteiger partial charge in [0.15, 0.2) is 0 Å². The fraction of sp³-hybridized carbons (Fsp3) is 0.429. The molecule has 1 rings (SSSR count). The summed E-state index contributed by atoms with van der Waals surface area (Å²) in [6.45, 7) is 8.19. The first-order valence-electron chi connectivity index (χ1n) is 6.30. The predicted molar refractivity (Wildman–Crippen MR) is 78.4 cm³/mol. The van der Waals surface area contributed by atoms with Crippen LogP contribution in [0.3, 0.4) is 0 Å². The zero-order chi connectivity index (χ0) is 14.5. The van der Waals surface area contributed by atoms with Crippen molar-refractivity contribution >= 4 is 10.0 Å². The summed E-state index contributed by atoms with van der Waals surface area (Å²) in [5.41, 5.74) is 0.778. The smallest absolute Gasteiger partial charge is 0.243 e. The van der Waals surface area contributed by atoms with Crippen molar-refractivity contribution in [3.05, 3.63) is 42.5 Å². The number of benzene rings is 1. The second-order valence-corrected chi connectivity index (χ2v) is 6.45. The summed E-state index contributed by atoms with van der Waals surface area (Å²) in [5.74, 6) is 0. The van der Waals surface area contributed by atoms with Gasteiger partial charge in [-0.2, -0.15) is 4.31 Å². The van der Waals surface area contributed by atoms with Gasteiger partial charge in [-0.25, -0.2) is 8.42 Å². The number of nitrogens with zero attached hydrogens (tertiary/aromatic N) is 1. The molecule has 1 aromatic carbocycles. The zero-order valence-corrected chi connectivity index (χ0v) is 12.6. The van der Waals surface area contributed by atoms with E-state index in [-0.39, 0.29) is 6.04 Å². The highest BCUT2D eigenvalue weighted by molar-refractivity contribution is 7.89. The van der Waals surface area contributed by atoms with Crippen LogP contribution in [0.5, 0.6) is 0 Å². The van der Waals surface area contributed by atoms with Crippen LogP contribution in [-0.2, 0) is 16.6 Å². The van der Waals surface area contributed by atoms with Gasteiger partial charge in [-0.3, -0.25) is 0 Å². The number of hydrogen-bond donors (Lipinski definition) is 1. The minimum Gasteiger partial charge on any atom is -0.316 e. The molecular formula is C14H22N2O2S. The molecule has 1 aromatic rings. The molecule has 0 unspecified atom stereocenters. The lowest BCUT2D eigenvalue weighted by atomic mass is 10.2. The lowest BCUT2D eigenvalue weighted by Crippen LogP contribution is -2.37. The first-order chi connectivity index (χ1) is 8.95. The van der Waals surface area contributed by atoms with Crippen LogP contribution >= 0.6 is 0 Å². The Morgan fingerprint density at radius 3 is 2.53 bits per heavy atom. The molecule has 0 fully saturated rings. The molecule has 0 amide bonds. The topological polar surface area (TPSA) is 49.4 Å². The summed E-state index contributed by atoms with van der Waals surface area (Å²) in [6, 6.07) is 6.97. The van der Waals surface area contributed by atoms with E-state index < -0.39 is 10.0 Å². The standard InChI is InChI=1S/C14H22N2O2S/c1-5-10-16(12(2)3)19(17,18)14-9-7-6-8-13(14)11-15-4/h5-9,12,15H,1,10-11H2,2-4H3. The lowest BCUT2D eigenvalue weighted by Gasteiger charge is -2.25. The molecule has 0 atom stereocenters. The van der Waals surface area contributed by atoms with E-state index in [1.165, 1.54) is 4.31 Å². The largest absolute Gasteiger partial charge is 0.316 e. The molecule has 0 saturated heterocycles. The average Bonchev–Trinajstić information content (AvgIpc) is 2.36. The normalized spacial score (nSPS) is 12.1. The van der Waals surface area contributed by atoms with E-state index in [0.29, 0.717) is 18.0 Å². The van der Waals surface area contributed by atoms with E-state index in [0.717, 1.165) is 5.56 Å². The third-order valence-corrected chi connectivity index (χ3v) is 4.95. The van der Waals surface area contributed by atoms with Crippen molar-refractivity contribution in [3.63, 3.8) is 0 Å². The van der Waals surface area contributed by atoms with E-state index in [2.05, 4.69) is 11.9 Å². The van der Waals surface area contributed by atoms with Crippen molar-refractivity contribution in [1.82, 2.24) is 9.62 Å². The Hall–Kier alpha value is -1.17. The Kier molecular flexibility index (Phi) is 5.72. The third kappa shape index (κ3) is 3.65. The molecule has 0 saturated carbocycles. The highest BCUT2D eigenvalue weighted by atomic mass is 32.2. The van der Waals surface area contributed by atoms with E-state index in [4.69, 9.17) is 0 Å². The highest BCUT2D eigenvalue weighted by Crippen LogP contribution is 2.22. The number of hydrogen-bond acceptors (Lipinski definition) is 3. The van der Waals surface area contributed by atoms with Gasteiger partial charge in [0.1, 0.15) is 0 Å². The third-order valence-electron chi connectivity index (χ3n) is 2.81. The van der Waals surface area contributed by atoms with Crippen molar-refractivity contribution in [2.75, 3.05) is 13.6 Å². The second-order valence-electron chi connectivity index (χ2n) is 4.60. The quantitative estimate of drug-likeness (QED) is 0.778. The van der Waals surface area contributed by atoms with E-state index in [9.17, 15) is 8.42 Å². The number of nitrogens with one attached hydrogen (secondary N) is 1. The fourth-order valence-electron chi connectivity index (χ4n) is 1.93. The molecule has 0 spiro atoms. The minimum atomic E-state index is -3.49. The van der Waals surface area contributed by atoms with Crippen LogP contribution in [0.1, 0.15) is 19.4 Å². The lowest BCUT2D eigenvalue weighted by molar-refractivity contribution is 0.382. The summed E-state index contributed by atoms with van der Waals surface area (Å²) in [7, 11) is -1.69. The molecular weight excluding hydrogens is 260 g/mol. The SMILES string of the molecule is C=CCN(C(C)C)S(=O)(=O)c1ccccc1CNC. The average molecular weight is 282 g/mol. The Bertz CT molecular complexity index is 524. The van der Waals surface area contributed by atoms with Gasteiger partial charge in [-0.15, -0.1) is 6.58 Å². The van der Waals surface area contributed by atoms with Crippen LogP contribution in [-0.4, -0.2) is 32.4 Å². The fourth-order valence-corrected chi connectivity index (χ4v) is 3.76. The van der Waals surface area contributed by atoms with Crippen molar-refractivity contribution in [1.29, 1.82) is 0 Å². The summed E-state index contributed by atoms with van der Waals surface area (Å²) in [5, 5.41) is 2.99. The molecule has 0 aromatic heterocycles. The van der Waals surface area contributed by atoms with Crippen LogP contribution in [0.25, 0.3) is 0 Å². The zero-order valence-electron chi connectivity index (χ0n) is 11.8. The van der Waals surface area contributed by atoms with Gasteiger partial charge in [0.25, 0.3) is 0 Å². The monoisotopic (exact) mass is 282 g/mol. The molecule has 0 aliphatic rings. The maximum atomic E-state index is 12.7. The summed E-state index contributed by atoms with van der Waals surface area (Å²) >= 11 is 0. The van der Waals surface area contributed by atoms with Crippen molar-refractivity contribution < 1.29 is 8.42 Å². The van der Waals surface area contributed by atoms with Gasteiger partial charge in [0.2, 0.25) is 10.0 Å². The Morgan fingerprint density at radius 1 is 1.37 bits per heavy atom. The van der Waals surface area contributed by atoms with Crippen LogP contribution < -0.4 is 5.32 Å². The van der Waals surface area contributed by atoms with E-state index in [1.807, 2.05) is 26.0 Å². The van der Waals surface area contributed by atoms with Crippen LogP contribution in [0, 0.1) is 0 Å². The second kappa shape index (κ2) is 6.84. The molecule has 0 bridgehead atoms. The van der Waals surface area contributed by atoms with Gasteiger partial charge in [-0.1, -0.05) is 24.3 Å². The highest BCUT2D eigenvalue weighted by Gasteiger charge is 2.27. The molecule has 5 heteroatoms. The number of sulfonamides is 1. The van der Waals surface area contributed by atoms with Gasteiger partial charge in [-0.05, 0) is 32.5 Å². The molecule has 0 heterocycles. The maximum Gasteiger partial charge on any atom is 0.243 e. The Balaban J connectivity index is 3.28. The number of rotatable bonds is 7. The summed E-state index contributed by atoms with van der Waals surface area (Å²) in [6.07, 6.45) is 1.61. The first-order valence-corrected chi connectivity index (χ1v) is 7.74. The predicted octanol–water partition coefficient (Wildman–Crippen LogP) is 1.99. The van der Waals surface area contributed by atoms with E-state index in [1.54, 1.807) is 25.3 Å². The van der Waals surface area contributed by atoms with Crippen LogP contribution in [0.15, 0.2) is 41.8 Å². The van der Waals surface area contributed by atoms with Gasteiger partial charge in [0.05, 0.1) is 4.90 Å². The molecule has 0 radical (unpaired) electrons. The molecule has 4 nitrogen and oxygen atoms in total. The molecule has 0 aliphatic heterocycles. The van der Waals surface area contributed by atoms with Crippen LogP contribution in [0.2, 0.25) is 0 Å². The molecule has 0 aliphatic carbocycles. The van der Waals surface area contributed by atoms with Gasteiger partial charge in [0, 0.05) is 19.1 Å². The van der Waals surface area contributed by atoms with Crippen molar-refractivity contribution in [2.45, 2.75) is 31.3 Å². The van der Waals surface area contributed by atoms with E-state index >= 15 is 0 Å².